The SMILES string of the molecule is CN(Cc1cnn(C)c1)C(=O)CCC1CCNC1.Cl.Cl. The Morgan fingerprint density at radius 2 is 2.30 bits per heavy atom. The summed E-state index contributed by atoms with van der Waals surface area (Å²) in [7, 11) is 3.75. The second kappa shape index (κ2) is 9.21. The van der Waals surface area contributed by atoms with Gasteiger partial charge in [-0.15, -0.1) is 24.8 Å². The standard InChI is InChI=1S/C13H22N4O.2ClH/c1-16(9-12-8-15-17(2)10-12)13(18)4-3-11-5-6-14-7-11;;/h8,10-11,14H,3-7,9H2,1-2H3;2*1H. The van der Waals surface area contributed by atoms with Crippen molar-refractivity contribution in [1.82, 2.24) is 20.0 Å². The third-order valence-electron chi connectivity index (χ3n) is 3.53. The van der Waals surface area contributed by atoms with Gasteiger partial charge in [-0.25, -0.2) is 0 Å². The molecule has 20 heavy (non-hydrogen) atoms. The predicted molar refractivity (Wildman–Crippen MR) is 84.4 cm³/mol. The van der Waals surface area contributed by atoms with E-state index in [1.807, 2.05) is 26.5 Å². The number of aromatic nitrogens is 2. The van der Waals surface area contributed by atoms with Crippen LogP contribution in [0.5, 0.6) is 0 Å². The van der Waals surface area contributed by atoms with Gasteiger partial charge >= 0.3 is 0 Å². The molecule has 1 aliphatic heterocycles. The average Bonchev–Trinajstić information content (AvgIpc) is 2.97. The van der Waals surface area contributed by atoms with Gasteiger partial charge in [-0.2, -0.15) is 5.10 Å². The minimum atomic E-state index is 0. The molecule has 1 N–H and O–H groups in total. The van der Waals surface area contributed by atoms with Crippen LogP contribution in [-0.4, -0.2) is 40.7 Å². The van der Waals surface area contributed by atoms with E-state index in [2.05, 4.69) is 10.4 Å². The van der Waals surface area contributed by atoms with Gasteiger partial charge in [0.05, 0.1) is 6.20 Å². The van der Waals surface area contributed by atoms with E-state index in [1.54, 1.807) is 9.58 Å². The molecule has 1 amide bonds. The lowest BCUT2D eigenvalue weighted by Gasteiger charge is -2.17. The molecule has 1 aromatic heterocycles. The van der Waals surface area contributed by atoms with E-state index in [9.17, 15) is 4.79 Å². The summed E-state index contributed by atoms with van der Waals surface area (Å²) in [6.45, 7) is 2.82. The first-order valence-electron chi connectivity index (χ1n) is 6.57. The van der Waals surface area contributed by atoms with Crippen molar-refractivity contribution in [3.8, 4) is 0 Å². The molecule has 1 fully saturated rings. The molecule has 0 aliphatic carbocycles. The van der Waals surface area contributed by atoms with Gasteiger partial charge in [0.25, 0.3) is 0 Å². The molecule has 116 valence electrons. The van der Waals surface area contributed by atoms with Crippen molar-refractivity contribution in [2.24, 2.45) is 13.0 Å². The molecular weight excluding hydrogens is 299 g/mol. The zero-order valence-corrected chi connectivity index (χ0v) is 13.7. The normalized spacial score (nSPS) is 17.2. The van der Waals surface area contributed by atoms with Gasteiger partial charge < -0.3 is 10.2 Å². The molecular formula is C13H24Cl2N4O. The number of halogens is 2. The van der Waals surface area contributed by atoms with Crippen molar-refractivity contribution in [3.05, 3.63) is 18.0 Å². The molecule has 0 aromatic carbocycles. The van der Waals surface area contributed by atoms with Gasteiger partial charge in [0.2, 0.25) is 5.91 Å². The molecule has 1 unspecified atom stereocenters. The molecule has 0 saturated carbocycles. The van der Waals surface area contributed by atoms with Crippen LogP contribution in [0.25, 0.3) is 0 Å². The lowest BCUT2D eigenvalue weighted by atomic mass is 10.0. The smallest absolute Gasteiger partial charge is 0.222 e. The Kier molecular flexibility index (Phi) is 8.85. The van der Waals surface area contributed by atoms with Crippen LogP contribution in [0.2, 0.25) is 0 Å². The highest BCUT2D eigenvalue weighted by Crippen LogP contribution is 2.15. The fraction of sp³-hybridized carbons (Fsp3) is 0.692. The van der Waals surface area contributed by atoms with Gasteiger partial charge in [0.1, 0.15) is 0 Å². The maximum absolute atomic E-state index is 12.0. The number of hydrogen-bond acceptors (Lipinski definition) is 3. The number of carbonyl (C=O) groups is 1. The van der Waals surface area contributed by atoms with Crippen LogP contribution in [0.4, 0.5) is 0 Å². The van der Waals surface area contributed by atoms with E-state index >= 15 is 0 Å². The monoisotopic (exact) mass is 322 g/mol. The van der Waals surface area contributed by atoms with Crippen LogP contribution in [0, 0.1) is 5.92 Å². The van der Waals surface area contributed by atoms with E-state index in [0.717, 1.165) is 25.1 Å². The minimum Gasteiger partial charge on any atom is -0.341 e. The van der Waals surface area contributed by atoms with Gasteiger partial charge in [0.15, 0.2) is 0 Å². The second-order valence-corrected chi connectivity index (χ2v) is 5.17. The van der Waals surface area contributed by atoms with E-state index in [0.29, 0.717) is 18.9 Å². The van der Waals surface area contributed by atoms with Crippen LogP contribution in [0.1, 0.15) is 24.8 Å². The molecule has 2 heterocycles. The number of hydrogen-bond donors (Lipinski definition) is 1. The molecule has 0 spiro atoms. The third kappa shape index (κ3) is 5.69. The van der Waals surface area contributed by atoms with Crippen LogP contribution in [-0.2, 0) is 18.4 Å². The summed E-state index contributed by atoms with van der Waals surface area (Å²) in [6, 6.07) is 0. The number of nitrogens with zero attached hydrogens (tertiary/aromatic N) is 3. The zero-order valence-electron chi connectivity index (χ0n) is 12.0. The number of aryl methyl sites for hydroxylation is 1. The number of nitrogens with one attached hydrogen (secondary N) is 1. The van der Waals surface area contributed by atoms with Crippen molar-refractivity contribution >= 4 is 30.7 Å². The summed E-state index contributed by atoms with van der Waals surface area (Å²) in [5, 5.41) is 7.44. The Hall–Kier alpha value is -0.780. The number of amides is 1. The Morgan fingerprint density at radius 3 is 2.85 bits per heavy atom. The summed E-state index contributed by atoms with van der Waals surface area (Å²) < 4.78 is 1.76. The molecule has 0 bridgehead atoms. The summed E-state index contributed by atoms with van der Waals surface area (Å²) in [6.07, 6.45) is 6.63. The van der Waals surface area contributed by atoms with Crippen molar-refractivity contribution in [1.29, 1.82) is 0 Å². The third-order valence-corrected chi connectivity index (χ3v) is 3.53. The summed E-state index contributed by atoms with van der Waals surface area (Å²) >= 11 is 0. The van der Waals surface area contributed by atoms with Crippen molar-refractivity contribution in [2.45, 2.75) is 25.8 Å². The highest BCUT2D eigenvalue weighted by molar-refractivity contribution is 5.85. The van der Waals surface area contributed by atoms with E-state index in [-0.39, 0.29) is 30.7 Å². The van der Waals surface area contributed by atoms with Crippen LogP contribution >= 0.6 is 24.8 Å². The molecule has 2 rings (SSSR count). The Bertz CT molecular complexity index is 405. The Morgan fingerprint density at radius 1 is 1.55 bits per heavy atom. The Labute approximate surface area is 132 Å². The maximum Gasteiger partial charge on any atom is 0.222 e. The molecule has 5 nitrogen and oxygen atoms in total. The van der Waals surface area contributed by atoms with Gasteiger partial charge in [0, 0.05) is 38.8 Å². The number of rotatable bonds is 5. The molecule has 0 radical (unpaired) electrons. The zero-order chi connectivity index (χ0) is 13.0. The maximum atomic E-state index is 12.0. The Balaban J connectivity index is 0.00000180. The van der Waals surface area contributed by atoms with E-state index < -0.39 is 0 Å². The van der Waals surface area contributed by atoms with Crippen molar-refractivity contribution < 1.29 is 4.79 Å². The minimum absolute atomic E-state index is 0. The first-order chi connectivity index (χ1) is 8.65. The van der Waals surface area contributed by atoms with Gasteiger partial charge in [-0.3, -0.25) is 9.48 Å². The quantitative estimate of drug-likeness (QED) is 0.896. The topological polar surface area (TPSA) is 50.2 Å². The highest BCUT2D eigenvalue weighted by atomic mass is 35.5. The molecule has 1 aromatic rings. The van der Waals surface area contributed by atoms with Gasteiger partial charge in [-0.05, 0) is 31.8 Å². The van der Waals surface area contributed by atoms with Gasteiger partial charge in [-0.1, -0.05) is 0 Å². The first-order valence-corrected chi connectivity index (χ1v) is 6.57. The fourth-order valence-electron chi connectivity index (χ4n) is 2.39. The largest absolute Gasteiger partial charge is 0.341 e. The van der Waals surface area contributed by atoms with Crippen molar-refractivity contribution in [2.75, 3.05) is 20.1 Å². The molecule has 1 aliphatic rings. The van der Waals surface area contributed by atoms with E-state index in [4.69, 9.17) is 0 Å². The van der Waals surface area contributed by atoms with Crippen LogP contribution < -0.4 is 5.32 Å². The van der Waals surface area contributed by atoms with Crippen molar-refractivity contribution in [3.63, 3.8) is 0 Å². The molecule has 1 atom stereocenters. The molecule has 7 heteroatoms. The summed E-state index contributed by atoms with van der Waals surface area (Å²) in [5.74, 6) is 0.909. The second-order valence-electron chi connectivity index (χ2n) is 5.17. The highest BCUT2D eigenvalue weighted by Gasteiger charge is 2.17. The summed E-state index contributed by atoms with van der Waals surface area (Å²) in [5.41, 5.74) is 1.08. The summed E-state index contributed by atoms with van der Waals surface area (Å²) in [4.78, 5) is 13.8. The predicted octanol–water partition coefficient (Wildman–Crippen LogP) is 1.61. The first kappa shape index (κ1) is 19.2. The number of carbonyl (C=O) groups excluding carboxylic acids is 1. The lowest BCUT2D eigenvalue weighted by Crippen LogP contribution is -2.26. The van der Waals surface area contributed by atoms with Crippen LogP contribution in [0.3, 0.4) is 0 Å². The van der Waals surface area contributed by atoms with E-state index in [1.165, 1.54) is 6.42 Å². The average molecular weight is 323 g/mol. The fourth-order valence-corrected chi connectivity index (χ4v) is 2.39. The molecule has 1 saturated heterocycles. The lowest BCUT2D eigenvalue weighted by molar-refractivity contribution is -0.130. The van der Waals surface area contributed by atoms with Crippen LogP contribution in [0.15, 0.2) is 12.4 Å².